The first-order chi connectivity index (χ1) is 12.9. The van der Waals surface area contributed by atoms with Crippen LogP contribution in [-0.4, -0.2) is 23.4 Å². The molecule has 0 bridgehead atoms. The Kier molecular flexibility index (Phi) is 5.75. The molecule has 0 aliphatic carbocycles. The molecule has 0 saturated heterocycles. The highest BCUT2D eigenvalue weighted by Crippen LogP contribution is 2.46. The van der Waals surface area contributed by atoms with Crippen LogP contribution in [0.4, 0.5) is 5.69 Å². The van der Waals surface area contributed by atoms with E-state index in [1.165, 1.54) is 4.90 Å². The van der Waals surface area contributed by atoms with E-state index in [0.717, 1.165) is 5.56 Å². The highest BCUT2D eigenvalue weighted by Gasteiger charge is 2.50. The van der Waals surface area contributed by atoms with Gasteiger partial charge in [0.05, 0.1) is 11.4 Å². The molecule has 0 spiro atoms. The molecule has 0 fully saturated rings. The van der Waals surface area contributed by atoms with Gasteiger partial charge in [-0.1, -0.05) is 60.3 Å². The smallest absolute Gasteiger partial charge is 0.337 e. The van der Waals surface area contributed by atoms with Crippen LogP contribution >= 0.6 is 19.6 Å². The SMILES string of the molecule is CCC(CC)(N1C(=O)CN=C(c2ccccc2)c2cc(Cl)ccc21)[P+](=O)[O-]. The number of carbonyl (C=O) groups is 1. The number of benzodiazepines with no additional fused rings is 1. The van der Waals surface area contributed by atoms with Gasteiger partial charge in [0.25, 0.3) is 5.91 Å². The van der Waals surface area contributed by atoms with Crippen molar-refractivity contribution >= 4 is 36.9 Å². The molecule has 27 heavy (non-hydrogen) atoms. The van der Waals surface area contributed by atoms with Gasteiger partial charge in [0, 0.05) is 29.0 Å². The maximum atomic E-state index is 13.0. The van der Waals surface area contributed by atoms with Gasteiger partial charge in [0.2, 0.25) is 5.28 Å². The van der Waals surface area contributed by atoms with E-state index in [9.17, 15) is 14.3 Å². The molecule has 7 heteroatoms. The molecule has 3 rings (SSSR count). The molecular weight excluding hydrogens is 383 g/mol. The standard InChI is InChI=1S/C20H20ClN2O3P/c1-3-20(4-2,27(25)26)23-17-11-10-15(21)12-16(17)19(22-13-18(23)24)14-8-6-5-7-9-14/h5-12H,3-4,13H2,1-2H3. The van der Waals surface area contributed by atoms with E-state index in [2.05, 4.69) is 4.99 Å². The first-order valence-electron chi connectivity index (χ1n) is 8.82. The van der Waals surface area contributed by atoms with E-state index in [0.29, 0.717) is 22.0 Å². The zero-order valence-corrected chi connectivity index (χ0v) is 16.8. The van der Waals surface area contributed by atoms with Crippen LogP contribution in [0.2, 0.25) is 5.02 Å². The number of benzene rings is 2. The van der Waals surface area contributed by atoms with Gasteiger partial charge in [-0.25, -0.2) is 0 Å². The van der Waals surface area contributed by atoms with Crippen molar-refractivity contribution in [1.29, 1.82) is 0 Å². The van der Waals surface area contributed by atoms with Crippen molar-refractivity contribution < 1.29 is 14.3 Å². The lowest BCUT2D eigenvalue weighted by Crippen LogP contribution is -2.51. The molecule has 2 aromatic carbocycles. The van der Waals surface area contributed by atoms with Crippen LogP contribution in [0.1, 0.15) is 37.8 Å². The number of halogens is 1. The van der Waals surface area contributed by atoms with Crippen LogP contribution in [0.3, 0.4) is 0 Å². The van der Waals surface area contributed by atoms with E-state index < -0.39 is 13.3 Å². The van der Waals surface area contributed by atoms with E-state index in [4.69, 9.17) is 11.6 Å². The normalized spacial score (nSPS) is 15.1. The minimum atomic E-state index is -2.89. The van der Waals surface area contributed by atoms with Gasteiger partial charge in [-0.2, -0.15) is 0 Å². The van der Waals surface area contributed by atoms with E-state index in [1.54, 1.807) is 32.0 Å². The molecular formula is C20H20ClN2O3P. The summed E-state index contributed by atoms with van der Waals surface area (Å²) in [5, 5.41) is -0.798. The Morgan fingerprint density at radius 3 is 2.44 bits per heavy atom. The zero-order chi connectivity index (χ0) is 19.6. The fourth-order valence-electron chi connectivity index (χ4n) is 3.54. The quantitative estimate of drug-likeness (QED) is 0.705. The van der Waals surface area contributed by atoms with Gasteiger partial charge >= 0.3 is 8.03 Å². The second kappa shape index (κ2) is 7.89. The van der Waals surface area contributed by atoms with Crippen LogP contribution in [0.25, 0.3) is 0 Å². The first-order valence-corrected chi connectivity index (χ1v) is 10.4. The highest BCUT2D eigenvalue weighted by atomic mass is 35.5. The van der Waals surface area contributed by atoms with Crippen LogP contribution in [0.15, 0.2) is 53.5 Å². The van der Waals surface area contributed by atoms with Gasteiger partial charge < -0.3 is 4.89 Å². The monoisotopic (exact) mass is 402 g/mol. The van der Waals surface area contributed by atoms with Gasteiger partial charge in [-0.05, 0) is 18.2 Å². The number of nitrogens with zero attached hydrogens (tertiary/aromatic N) is 2. The fraction of sp³-hybridized carbons (Fsp3) is 0.300. The fourth-order valence-corrected chi connectivity index (χ4v) is 4.61. The van der Waals surface area contributed by atoms with E-state index in [1.807, 2.05) is 30.3 Å². The summed E-state index contributed by atoms with van der Waals surface area (Å²) in [6.45, 7) is 3.43. The van der Waals surface area contributed by atoms with Gasteiger partial charge in [0.1, 0.15) is 6.54 Å². The number of hydrogen-bond donors (Lipinski definition) is 0. The number of amides is 1. The summed E-state index contributed by atoms with van der Waals surface area (Å²) in [7, 11) is -2.89. The molecule has 0 radical (unpaired) electrons. The topological polar surface area (TPSA) is 72.8 Å². The average Bonchev–Trinajstić information content (AvgIpc) is 2.81. The summed E-state index contributed by atoms with van der Waals surface area (Å²) in [6.07, 6.45) is 0.577. The van der Waals surface area contributed by atoms with Crippen molar-refractivity contribution in [2.75, 3.05) is 11.4 Å². The molecule has 5 nitrogen and oxygen atoms in total. The maximum Gasteiger partial charge on any atom is 0.337 e. The van der Waals surface area contributed by atoms with Crippen LogP contribution in [-0.2, 0) is 9.36 Å². The summed E-state index contributed by atoms with van der Waals surface area (Å²) in [5.41, 5.74) is 2.65. The molecule has 1 heterocycles. The number of carbonyl (C=O) groups excluding carboxylic acids is 1. The second-order valence-corrected chi connectivity index (χ2v) is 8.15. The Balaban J connectivity index is 2.28. The van der Waals surface area contributed by atoms with Crippen LogP contribution < -0.4 is 9.79 Å². The van der Waals surface area contributed by atoms with Crippen molar-refractivity contribution in [1.82, 2.24) is 0 Å². The molecule has 140 valence electrons. The zero-order valence-electron chi connectivity index (χ0n) is 15.2. The third-order valence-corrected chi connectivity index (χ3v) is 6.76. The average molecular weight is 403 g/mol. The number of anilines is 1. The van der Waals surface area contributed by atoms with Crippen molar-refractivity contribution in [2.24, 2.45) is 4.99 Å². The molecule has 1 unspecified atom stereocenters. The van der Waals surface area contributed by atoms with Crippen molar-refractivity contribution in [2.45, 2.75) is 32.0 Å². The maximum absolute atomic E-state index is 13.0. The first kappa shape index (κ1) is 19.7. The third-order valence-electron chi connectivity index (χ3n) is 5.01. The van der Waals surface area contributed by atoms with Crippen LogP contribution in [0, 0.1) is 0 Å². The minimum absolute atomic E-state index is 0.124. The number of fused-ring (bicyclic) bond motifs is 1. The predicted molar refractivity (Wildman–Crippen MR) is 107 cm³/mol. The predicted octanol–water partition coefficient (Wildman–Crippen LogP) is 4.14. The lowest BCUT2D eigenvalue weighted by Gasteiger charge is -2.36. The molecule has 2 aromatic rings. The highest BCUT2D eigenvalue weighted by molar-refractivity contribution is 7.38. The lowest BCUT2D eigenvalue weighted by molar-refractivity contribution is -0.170. The third kappa shape index (κ3) is 3.43. The summed E-state index contributed by atoms with van der Waals surface area (Å²) >= 11 is 6.23. The Morgan fingerprint density at radius 1 is 1.19 bits per heavy atom. The molecule has 1 aliphatic heterocycles. The minimum Gasteiger partial charge on any atom is -0.594 e. The van der Waals surface area contributed by atoms with Gasteiger partial charge in [-0.15, -0.1) is 0 Å². The summed E-state index contributed by atoms with van der Waals surface area (Å²) in [6, 6.07) is 14.6. The molecule has 0 aromatic heterocycles. The largest absolute Gasteiger partial charge is 0.594 e. The lowest BCUT2D eigenvalue weighted by atomic mass is 9.98. The molecule has 1 atom stereocenters. The summed E-state index contributed by atoms with van der Waals surface area (Å²) in [5.74, 6) is -0.340. The second-order valence-electron chi connectivity index (χ2n) is 6.37. The van der Waals surface area contributed by atoms with Gasteiger partial charge in [0.15, 0.2) is 0 Å². The molecule has 1 amide bonds. The van der Waals surface area contributed by atoms with Crippen molar-refractivity contribution in [3.8, 4) is 0 Å². The summed E-state index contributed by atoms with van der Waals surface area (Å²) in [4.78, 5) is 31.2. The Hall–Kier alpha value is -2.07. The summed E-state index contributed by atoms with van der Waals surface area (Å²) < 4.78 is 12.2. The van der Waals surface area contributed by atoms with Crippen molar-refractivity contribution in [3.05, 3.63) is 64.7 Å². The Morgan fingerprint density at radius 2 is 1.85 bits per heavy atom. The molecule has 0 saturated carbocycles. The Labute approximate surface area is 164 Å². The molecule has 1 aliphatic rings. The van der Waals surface area contributed by atoms with E-state index >= 15 is 0 Å². The van der Waals surface area contributed by atoms with Crippen molar-refractivity contribution in [3.63, 3.8) is 0 Å². The van der Waals surface area contributed by atoms with Gasteiger partial charge in [-0.3, -0.25) is 14.7 Å². The van der Waals surface area contributed by atoms with E-state index in [-0.39, 0.29) is 25.3 Å². The number of rotatable bonds is 5. The Bertz CT molecular complexity index is 911. The number of hydrogen-bond acceptors (Lipinski definition) is 4. The number of aliphatic imine (C=N–C) groups is 1. The molecule has 0 N–H and O–H groups in total. The van der Waals surface area contributed by atoms with Crippen LogP contribution in [0.5, 0.6) is 0 Å².